The van der Waals surface area contributed by atoms with Crippen molar-refractivity contribution < 1.29 is 4.39 Å². The van der Waals surface area contributed by atoms with Gasteiger partial charge in [-0.25, -0.2) is 19.3 Å². The highest BCUT2D eigenvalue weighted by Gasteiger charge is 2.16. The number of benzene rings is 2. The van der Waals surface area contributed by atoms with Gasteiger partial charge in [-0.05, 0) is 42.8 Å². The molecule has 2 heterocycles. The highest BCUT2D eigenvalue weighted by molar-refractivity contribution is 7.19. The Morgan fingerprint density at radius 3 is 2.50 bits per heavy atom. The van der Waals surface area contributed by atoms with E-state index in [2.05, 4.69) is 39.3 Å². The lowest BCUT2D eigenvalue weighted by Gasteiger charge is -2.14. The second-order valence-electron chi connectivity index (χ2n) is 6.28. The molecule has 0 saturated heterocycles. The summed E-state index contributed by atoms with van der Waals surface area (Å²) >= 11 is 1.35. The maximum absolute atomic E-state index is 13.3. The summed E-state index contributed by atoms with van der Waals surface area (Å²) in [6.45, 7) is 2.06. The second kappa shape index (κ2) is 7.74. The summed E-state index contributed by atoms with van der Waals surface area (Å²) in [5.74, 6) is 0.225. The van der Waals surface area contributed by atoms with Crippen molar-refractivity contribution >= 4 is 22.4 Å². The number of anilines is 2. The Balaban J connectivity index is 1.66. The normalized spacial score (nSPS) is 11.9. The molecule has 4 rings (SSSR count). The van der Waals surface area contributed by atoms with Crippen LogP contribution in [-0.2, 0) is 0 Å². The van der Waals surface area contributed by atoms with E-state index in [0.29, 0.717) is 22.5 Å². The second-order valence-corrected chi connectivity index (χ2v) is 7.31. The molecule has 2 aromatic heterocycles. The maximum Gasteiger partial charge on any atom is 0.223 e. The van der Waals surface area contributed by atoms with E-state index >= 15 is 0 Å². The number of nitrogens with zero attached hydrogens (tertiary/aromatic N) is 3. The largest absolute Gasteiger partial charge is 0.375 e. The lowest BCUT2D eigenvalue weighted by Crippen LogP contribution is -2.09. The molecular formula is C21H18FN5S. The Kier molecular flexibility index (Phi) is 4.99. The van der Waals surface area contributed by atoms with Gasteiger partial charge in [-0.15, -0.1) is 0 Å². The first-order valence-electron chi connectivity index (χ1n) is 8.77. The van der Waals surface area contributed by atoms with Gasteiger partial charge in [-0.3, -0.25) is 0 Å². The van der Waals surface area contributed by atoms with Crippen LogP contribution >= 0.6 is 11.3 Å². The van der Waals surface area contributed by atoms with E-state index in [4.69, 9.17) is 5.73 Å². The highest BCUT2D eigenvalue weighted by atomic mass is 32.1. The number of thiazole rings is 1. The number of nitrogen functional groups attached to an aromatic ring is 1. The van der Waals surface area contributed by atoms with E-state index < -0.39 is 0 Å². The van der Waals surface area contributed by atoms with E-state index in [9.17, 15) is 4.39 Å². The van der Waals surface area contributed by atoms with E-state index in [1.54, 1.807) is 18.3 Å². The van der Waals surface area contributed by atoms with Crippen molar-refractivity contribution in [2.75, 3.05) is 11.1 Å². The topological polar surface area (TPSA) is 76.7 Å². The monoisotopic (exact) mass is 391 g/mol. The van der Waals surface area contributed by atoms with Gasteiger partial charge >= 0.3 is 0 Å². The van der Waals surface area contributed by atoms with Gasteiger partial charge in [0.1, 0.15) is 5.82 Å². The molecular weight excluding hydrogens is 373 g/mol. The van der Waals surface area contributed by atoms with Crippen molar-refractivity contribution in [3.63, 3.8) is 0 Å². The van der Waals surface area contributed by atoms with Gasteiger partial charge in [0.2, 0.25) is 5.95 Å². The SMILES string of the molecule is C[C@H](Nc1nccc(-c2sc(N)nc2-c2ccc(F)cc2)n1)c1ccccc1. The molecule has 0 bridgehead atoms. The van der Waals surface area contributed by atoms with Crippen molar-refractivity contribution in [3.05, 3.63) is 78.2 Å². The first kappa shape index (κ1) is 18.1. The lowest BCUT2D eigenvalue weighted by molar-refractivity contribution is 0.628. The minimum Gasteiger partial charge on any atom is -0.375 e. The Morgan fingerprint density at radius 2 is 1.75 bits per heavy atom. The lowest BCUT2D eigenvalue weighted by atomic mass is 10.1. The van der Waals surface area contributed by atoms with E-state index in [1.165, 1.54) is 23.5 Å². The van der Waals surface area contributed by atoms with Gasteiger partial charge in [-0.2, -0.15) is 0 Å². The van der Waals surface area contributed by atoms with Crippen molar-refractivity contribution in [2.45, 2.75) is 13.0 Å². The van der Waals surface area contributed by atoms with Gasteiger partial charge in [0.25, 0.3) is 0 Å². The van der Waals surface area contributed by atoms with Crippen LogP contribution in [0.3, 0.4) is 0 Å². The molecule has 4 aromatic rings. The third kappa shape index (κ3) is 3.84. The number of hydrogen-bond donors (Lipinski definition) is 2. The summed E-state index contributed by atoms with van der Waals surface area (Å²) in [5, 5.41) is 3.75. The molecule has 0 aliphatic heterocycles. The Hall–Kier alpha value is -3.32. The highest BCUT2D eigenvalue weighted by Crippen LogP contribution is 2.37. The molecule has 0 amide bonds. The Bertz CT molecular complexity index is 1080. The summed E-state index contributed by atoms with van der Waals surface area (Å²) < 4.78 is 13.3. The molecule has 0 unspecified atom stereocenters. The predicted molar refractivity (Wildman–Crippen MR) is 111 cm³/mol. The van der Waals surface area contributed by atoms with E-state index in [-0.39, 0.29) is 11.9 Å². The molecule has 0 spiro atoms. The zero-order valence-corrected chi connectivity index (χ0v) is 15.9. The Labute approximate surface area is 166 Å². The molecule has 0 aliphatic carbocycles. The van der Waals surface area contributed by atoms with Crippen molar-refractivity contribution in [1.82, 2.24) is 15.0 Å². The van der Waals surface area contributed by atoms with Gasteiger partial charge < -0.3 is 11.1 Å². The number of nitrogens with two attached hydrogens (primary N) is 1. The molecule has 0 saturated carbocycles. The third-order valence-corrected chi connectivity index (χ3v) is 5.20. The summed E-state index contributed by atoms with van der Waals surface area (Å²) in [7, 11) is 0. The zero-order chi connectivity index (χ0) is 19.5. The van der Waals surface area contributed by atoms with E-state index in [1.807, 2.05) is 24.3 Å². The number of aromatic nitrogens is 3. The molecule has 0 radical (unpaired) electrons. The molecule has 2 aromatic carbocycles. The third-order valence-electron chi connectivity index (χ3n) is 4.29. The van der Waals surface area contributed by atoms with Crippen LogP contribution in [0.25, 0.3) is 21.8 Å². The van der Waals surface area contributed by atoms with Crippen LogP contribution in [0.15, 0.2) is 66.9 Å². The zero-order valence-electron chi connectivity index (χ0n) is 15.1. The fourth-order valence-corrected chi connectivity index (χ4v) is 3.71. The average Bonchev–Trinajstić information content (AvgIpc) is 3.11. The number of hydrogen-bond acceptors (Lipinski definition) is 6. The average molecular weight is 391 g/mol. The number of halogens is 1. The van der Waals surface area contributed by atoms with Crippen LogP contribution in [0.5, 0.6) is 0 Å². The number of nitrogens with one attached hydrogen (secondary N) is 1. The summed E-state index contributed by atoms with van der Waals surface area (Å²) in [6, 6.07) is 18.1. The summed E-state index contributed by atoms with van der Waals surface area (Å²) in [5.41, 5.74) is 9.28. The van der Waals surface area contributed by atoms with Crippen molar-refractivity contribution in [1.29, 1.82) is 0 Å². The fourth-order valence-electron chi connectivity index (χ4n) is 2.89. The van der Waals surface area contributed by atoms with Crippen LogP contribution in [0.1, 0.15) is 18.5 Å². The van der Waals surface area contributed by atoms with Crippen LogP contribution < -0.4 is 11.1 Å². The summed E-state index contributed by atoms with van der Waals surface area (Å²) in [6.07, 6.45) is 1.70. The Morgan fingerprint density at radius 1 is 1.00 bits per heavy atom. The number of rotatable bonds is 5. The molecule has 0 fully saturated rings. The first-order valence-corrected chi connectivity index (χ1v) is 9.59. The fraction of sp³-hybridized carbons (Fsp3) is 0.0952. The van der Waals surface area contributed by atoms with E-state index in [0.717, 1.165) is 16.0 Å². The molecule has 7 heteroatoms. The van der Waals surface area contributed by atoms with Crippen LogP contribution in [0, 0.1) is 5.82 Å². The molecule has 5 nitrogen and oxygen atoms in total. The van der Waals surface area contributed by atoms with Gasteiger partial charge in [0.15, 0.2) is 5.13 Å². The molecule has 1 atom stereocenters. The molecule has 140 valence electrons. The van der Waals surface area contributed by atoms with Crippen LogP contribution in [0.2, 0.25) is 0 Å². The summed E-state index contributed by atoms with van der Waals surface area (Å²) in [4.78, 5) is 14.2. The standard InChI is InChI=1S/C21H18FN5S/c1-13(14-5-3-2-4-6-14)25-21-24-12-11-17(26-21)19-18(27-20(23)28-19)15-7-9-16(22)10-8-15/h2-13H,1H3,(H2,23,27)(H,24,25,26)/t13-/m0/s1. The van der Waals surface area contributed by atoms with Gasteiger partial charge in [-0.1, -0.05) is 41.7 Å². The predicted octanol–water partition coefficient (Wildman–Crippen LogP) is 5.16. The van der Waals surface area contributed by atoms with Crippen LogP contribution in [-0.4, -0.2) is 15.0 Å². The van der Waals surface area contributed by atoms with Crippen molar-refractivity contribution in [3.8, 4) is 21.8 Å². The van der Waals surface area contributed by atoms with Gasteiger partial charge in [0.05, 0.1) is 22.3 Å². The first-order chi connectivity index (χ1) is 13.6. The van der Waals surface area contributed by atoms with Crippen LogP contribution in [0.4, 0.5) is 15.5 Å². The van der Waals surface area contributed by atoms with Gasteiger partial charge in [0, 0.05) is 11.8 Å². The van der Waals surface area contributed by atoms with Crippen molar-refractivity contribution in [2.24, 2.45) is 0 Å². The molecule has 28 heavy (non-hydrogen) atoms. The maximum atomic E-state index is 13.3. The quantitative estimate of drug-likeness (QED) is 0.491. The molecule has 3 N–H and O–H groups in total. The minimum atomic E-state index is -0.295. The smallest absolute Gasteiger partial charge is 0.223 e. The minimum absolute atomic E-state index is 0.0551. The molecule has 0 aliphatic rings.